The molecule has 0 aliphatic rings. The van der Waals surface area contributed by atoms with Crippen LogP contribution in [0.3, 0.4) is 0 Å². The third-order valence-corrected chi connectivity index (χ3v) is 3.84. The lowest BCUT2D eigenvalue weighted by atomic mass is 10.1. The van der Waals surface area contributed by atoms with Gasteiger partial charge in [0.25, 0.3) is 11.6 Å². The van der Waals surface area contributed by atoms with E-state index in [1.165, 1.54) is 32.0 Å². The van der Waals surface area contributed by atoms with E-state index in [1.807, 2.05) is 0 Å². The molecule has 2 aromatic carbocycles. The second kappa shape index (κ2) is 8.22. The standard InChI is InChI=1S/C19H18N2O6/c1-11-6-4-9-16(21(25)26)17(11)19(24)27-13(3)18(23)20-15-8-5-7-14(10-15)12(2)22/h4-10,13H,1-3H3,(H,20,23). The molecular formula is C19H18N2O6. The Labute approximate surface area is 155 Å². The lowest BCUT2D eigenvalue weighted by Gasteiger charge is -2.14. The van der Waals surface area contributed by atoms with Crippen LogP contribution in [-0.2, 0) is 9.53 Å². The van der Waals surface area contributed by atoms with Gasteiger partial charge in [-0.25, -0.2) is 4.79 Å². The molecule has 27 heavy (non-hydrogen) atoms. The van der Waals surface area contributed by atoms with Gasteiger partial charge in [0.15, 0.2) is 11.9 Å². The van der Waals surface area contributed by atoms with Gasteiger partial charge >= 0.3 is 5.97 Å². The topological polar surface area (TPSA) is 116 Å². The SMILES string of the molecule is CC(=O)c1cccc(NC(=O)C(C)OC(=O)c2c(C)cccc2[N+](=O)[O-])c1. The summed E-state index contributed by atoms with van der Waals surface area (Å²) in [6.07, 6.45) is -1.20. The van der Waals surface area contributed by atoms with Gasteiger partial charge in [0.1, 0.15) is 5.56 Å². The van der Waals surface area contributed by atoms with Crippen LogP contribution >= 0.6 is 0 Å². The Kier molecular flexibility index (Phi) is 6.02. The van der Waals surface area contributed by atoms with Gasteiger partial charge in [-0.1, -0.05) is 24.3 Å². The average molecular weight is 370 g/mol. The maximum atomic E-state index is 12.4. The molecule has 0 fully saturated rings. The number of ether oxygens (including phenoxy) is 1. The molecule has 8 heteroatoms. The van der Waals surface area contributed by atoms with E-state index in [1.54, 1.807) is 31.2 Å². The number of ketones is 1. The molecule has 140 valence electrons. The summed E-state index contributed by atoms with van der Waals surface area (Å²) in [5.41, 5.74) is 0.587. The number of carbonyl (C=O) groups excluding carboxylic acids is 3. The minimum absolute atomic E-state index is 0.155. The van der Waals surface area contributed by atoms with E-state index in [4.69, 9.17) is 4.74 Å². The molecule has 1 unspecified atom stereocenters. The normalized spacial score (nSPS) is 11.4. The van der Waals surface area contributed by atoms with Crippen LogP contribution in [0, 0.1) is 17.0 Å². The number of hydrogen-bond donors (Lipinski definition) is 1. The first-order valence-electron chi connectivity index (χ1n) is 8.07. The van der Waals surface area contributed by atoms with E-state index < -0.39 is 22.9 Å². The van der Waals surface area contributed by atoms with Gasteiger partial charge in [0, 0.05) is 17.3 Å². The molecule has 0 saturated carbocycles. The number of benzene rings is 2. The first-order valence-corrected chi connectivity index (χ1v) is 8.07. The molecule has 0 aliphatic heterocycles. The van der Waals surface area contributed by atoms with Crippen LogP contribution in [-0.4, -0.2) is 28.7 Å². The molecule has 0 spiro atoms. The highest BCUT2D eigenvalue weighted by molar-refractivity contribution is 6.00. The van der Waals surface area contributed by atoms with E-state index >= 15 is 0 Å². The summed E-state index contributed by atoms with van der Waals surface area (Å²) < 4.78 is 5.10. The van der Waals surface area contributed by atoms with Crippen molar-refractivity contribution in [2.75, 3.05) is 5.32 Å². The van der Waals surface area contributed by atoms with E-state index in [2.05, 4.69) is 5.32 Å². The van der Waals surface area contributed by atoms with Crippen molar-refractivity contribution >= 4 is 29.0 Å². The van der Waals surface area contributed by atoms with Crippen LogP contribution in [0.4, 0.5) is 11.4 Å². The van der Waals surface area contributed by atoms with Crippen molar-refractivity contribution in [3.05, 3.63) is 69.3 Å². The maximum Gasteiger partial charge on any atom is 0.346 e. The number of aryl methyl sites for hydroxylation is 1. The zero-order chi connectivity index (χ0) is 20.1. The summed E-state index contributed by atoms with van der Waals surface area (Å²) in [7, 11) is 0. The third-order valence-electron chi connectivity index (χ3n) is 3.84. The molecule has 1 atom stereocenters. The van der Waals surface area contributed by atoms with Crippen molar-refractivity contribution in [1.29, 1.82) is 0 Å². The number of amides is 1. The van der Waals surface area contributed by atoms with Crippen molar-refractivity contribution in [1.82, 2.24) is 0 Å². The van der Waals surface area contributed by atoms with E-state index in [0.29, 0.717) is 16.8 Å². The fourth-order valence-electron chi connectivity index (χ4n) is 2.40. The Balaban J connectivity index is 2.13. The van der Waals surface area contributed by atoms with Gasteiger partial charge in [-0.15, -0.1) is 0 Å². The quantitative estimate of drug-likeness (QED) is 0.361. The predicted molar refractivity (Wildman–Crippen MR) is 97.8 cm³/mol. The predicted octanol–water partition coefficient (Wildman–Crippen LogP) is 3.29. The monoisotopic (exact) mass is 370 g/mol. The van der Waals surface area contributed by atoms with Gasteiger partial charge < -0.3 is 10.1 Å². The first-order chi connectivity index (χ1) is 12.7. The number of carbonyl (C=O) groups is 3. The molecule has 0 heterocycles. The molecular weight excluding hydrogens is 352 g/mol. The molecule has 0 radical (unpaired) electrons. The molecule has 1 amide bonds. The van der Waals surface area contributed by atoms with Crippen LogP contribution < -0.4 is 5.32 Å². The minimum atomic E-state index is -1.20. The number of rotatable bonds is 6. The highest BCUT2D eigenvalue weighted by Crippen LogP contribution is 2.23. The number of anilines is 1. The molecule has 0 bridgehead atoms. The number of Topliss-reactive ketones (excluding diaryl/α,β-unsaturated/α-hetero) is 1. The lowest BCUT2D eigenvalue weighted by Crippen LogP contribution is -2.30. The highest BCUT2D eigenvalue weighted by Gasteiger charge is 2.27. The van der Waals surface area contributed by atoms with Gasteiger partial charge in [-0.05, 0) is 38.5 Å². The van der Waals surface area contributed by atoms with Gasteiger partial charge in [-0.2, -0.15) is 0 Å². The van der Waals surface area contributed by atoms with Crippen molar-refractivity contribution in [2.24, 2.45) is 0 Å². The van der Waals surface area contributed by atoms with Crippen molar-refractivity contribution < 1.29 is 24.0 Å². The zero-order valence-corrected chi connectivity index (χ0v) is 15.0. The second-order valence-electron chi connectivity index (χ2n) is 5.90. The largest absolute Gasteiger partial charge is 0.449 e. The van der Waals surface area contributed by atoms with Crippen LogP contribution in [0.2, 0.25) is 0 Å². The highest BCUT2D eigenvalue weighted by atomic mass is 16.6. The summed E-state index contributed by atoms with van der Waals surface area (Å²) >= 11 is 0. The van der Waals surface area contributed by atoms with Gasteiger partial charge in [-0.3, -0.25) is 19.7 Å². The Morgan fingerprint density at radius 3 is 2.44 bits per heavy atom. The van der Waals surface area contributed by atoms with Gasteiger partial charge in [0.2, 0.25) is 0 Å². The molecule has 0 aliphatic carbocycles. The number of nitrogens with zero attached hydrogens (tertiary/aromatic N) is 1. The Morgan fingerprint density at radius 2 is 1.81 bits per heavy atom. The van der Waals surface area contributed by atoms with Crippen molar-refractivity contribution in [3.8, 4) is 0 Å². The van der Waals surface area contributed by atoms with Crippen molar-refractivity contribution in [2.45, 2.75) is 26.9 Å². The summed E-state index contributed by atoms with van der Waals surface area (Å²) in [6.45, 7) is 4.30. The van der Waals surface area contributed by atoms with Gasteiger partial charge in [0.05, 0.1) is 4.92 Å². The fourth-order valence-corrected chi connectivity index (χ4v) is 2.40. The van der Waals surface area contributed by atoms with E-state index in [9.17, 15) is 24.5 Å². The Hall–Kier alpha value is -3.55. The molecule has 1 N–H and O–H groups in total. The summed E-state index contributed by atoms with van der Waals surface area (Å²) in [5.74, 6) is -1.74. The molecule has 2 aromatic rings. The molecule has 0 saturated heterocycles. The second-order valence-corrected chi connectivity index (χ2v) is 5.90. The van der Waals surface area contributed by atoms with Crippen LogP contribution in [0.5, 0.6) is 0 Å². The number of nitrogens with one attached hydrogen (secondary N) is 1. The van der Waals surface area contributed by atoms with Crippen molar-refractivity contribution in [3.63, 3.8) is 0 Å². The number of nitro groups is 1. The zero-order valence-electron chi connectivity index (χ0n) is 15.0. The summed E-state index contributed by atoms with van der Waals surface area (Å²) in [5, 5.41) is 13.7. The first kappa shape index (κ1) is 19.8. The van der Waals surface area contributed by atoms with Crippen LogP contribution in [0.1, 0.15) is 40.1 Å². The smallest absolute Gasteiger partial charge is 0.346 e. The Bertz CT molecular complexity index is 922. The molecule has 8 nitrogen and oxygen atoms in total. The number of esters is 1. The van der Waals surface area contributed by atoms with Crippen LogP contribution in [0.15, 0.2) is 42.5 Å². The molecule has 0 aromatic heterocycles. The number of nitro benzene ring substituents is 1. The third kappa shape index (κ3) is 4.75. The number of hydrogen-bond acceptors (Lipinski definition) is 6. The fraction of sp³-hybridized carbons (Fsp3) is 0.211. The lowest BCUT2D eigenvalue weighted by molar-refractivity contribution is -0.385. The van der Waals surface area contributed by atoms with E-state index in [0.717, 1.165) is 0 Å². The van der Waals surface area contributed by atoms with Crippen LogP contribution in [0.25, 0.3) is 0 Å². The minimum Gasteiger partial charge on any atom is -0.449 e. The van der Waals surface area contributed by atoms with E-state index in [-0.39, 0.29) is 17.0 Å². The average Bonchev–Trinajstić information content (AvgIpc) is 2.61. The Morgan fingerprint density at radius 1 is 1.15 bits per heavy atom. The summed E-state index contributed by atoms with van der Waals surface area (Å²) in [6, 6.07) is 10.5. The molecule has 2 rings (SSSR count). The summed E-state index contributed by atoms with van der Waals surface area (Å²) in [4.78, 5) is 46.4. The maximum absolute atomic E-state index is 12.4.